The third-order valence-electron chi connectivity index (χ3n) is 2.78. The molecule has 0 amide bonds. The maximum absolute atomic E-state index is 12.6. The van der Waals surface area contributed by atoms with E-state index >= 15 is 0 Å². The highest BCUT2D eigenvalue weighted by Crippen LogP contribution is 2.32. The maximum atomic E-state index is 12.6. The summed E-state index contributed by atoms with van der Waals surface area (Å²) < 4.78 is 63.4. The van der Waals surface area contributed by atoms with Crippen molar-refractivity contribution in [3.05, 3.63) is 47.0 Å². The average Bonchev–Trinajstić information content (AvgIpc) is 2.38. The van der Waals surface area contributed by atoms with Gasteiger partial charge in [-0.15, -0.1) is 6.58 Å². The van der Waals surface area contributed by atoms with Gasteiger partial charge in [0, 0.05) is 11.6 Å². The molecule has 0 aliphatic rings. The summed E-state index contributed by atoms with van der Waals surface area (Å²) in [6.45, 7) is 3.22. The molecule has 0 saturated carbocycles. The molecule has 23 heavy (non-hydrogen) atoms. The van der Waals surface area contributed by atoms with Crippen molar-refractivity contribution in [1.82, 2.24) is 4.31 Å². The zero-order valence-corrected chi connectivity index (χ0v) is 14.2. The van der Waals surface area contributed by atoms with Crippen molar-refractivity contribution < 1.29 is 21.6 Å². The lowest BCUT2D eigenvalue weighted by Gasteiger charge is -2.20. The molecule has 10 heteroatoms. The van der Waals surface area contributed by atoms with Gasteiger partial charge in [-0.3, -0.25) is 0 Å². The number of benzene rings is 1. The van der Waals surface area contributed by atoms with Crippen molar-refractivity contribution in [3.8, 4) is 0 Å². The number of thiocarbonyl (C=S) groups is 1. The summed E-state index contributed by atoms with van der Waals surface area (Å²) in [6, 6.07) is 2.51. The van der Waals surface area contributed by atoms with Crippen molar-refractivity contribution in [1.29, 1.82) is 0 Å². The number of alkyl halides is 3. The summed E-state index contributed by atoms with van der Waals surface area (Å²) in [6.07, 6.45) is -3.20. The van der Waals surface area contributed by atoms with Gasteiger partial charge in [-0.25, -0.2) is 8.42 Å². The summed E-state index contributed by atoms with van der Waals surface area (Å²) in [5.41, 5.74) is 4.45. The van der Waals surface area contributed by atoms with E-state index in [4.69, 9.17) is 17.3 Å². The minimum Gasteiger partial charge on any atom is -0.392 e. The molecule has 0 fully saturated rings. The van der Waals surface area contributed by atoms with Crippen LogP contribution in [0.4, 0.5) is 13.2 Å². The summed E-state index contributed by atoms with van der Waals surface area (Å²) in [7, 11) is -3.87. The number of hydrogen-bond acceptors (Lipinski definition) is 3. The molecule has 128 valence electrons. The Morgan fingerprint density at radius 1 is 1.43 bits per heavy atom. The molecule has 0 atom stereocenters. The Hall–Kier alpha value is -1.16. The average molecular weight is 387 g/mol. The van der Waals surface area contributed by atoms with Crippen LogP contribution in [-0.2, 0) is 22.0 Å². The second-order valence-electron chi connectivity index (χ2n) is 4.61. The van der Waals surface area contributed by atoms with Crippen LogP contribution in [0.25, 0.3) is 0 Å². The Balaban J connectivity index is 3.09. The molecule has 1 rings (SSSR count). The lowest BCUT2D eigenvalue weighted by molar-refractivity contribution is -0.137. The molecule has 2 N–H and O–H groups in total. The van der Waals surface area contributed by atoms with Gasteiger partial charge in [-0.2, -0.15) is 17.5 Å². The van der Waals surface area contributed by atoms with E-state index in [0.717, 1.165) is 16.4 Å². The van der Waals surface area contributed by atoms with Crippen LogP contribution in [0.5, 0.6) is 0 Å². The first-order chi connectivity index (χ1) is 10.5. The molecule has 0 bridgehead atoms. The van der Waals surface area contributed by atoms with E-state index in [1.54, 1.807) is 0 Å². The van der Waals surface area contributed by atoms with Crippen molar-refractivity contribution in [2.45, 2.75) is 11.9 Å². The Morgan fingerprint density at radius 2 is 2.04 bits per heavy atom. The fourth-order valence-electron chi connectivity index (χ4n) is 1.72. The number of rotatable bonds is 7. The van der Waals surface area contributed by atoms with Crippen molar-refractivity contribution in [2.24, 2.45) is 5.73 Å². The van der Waals surface area contributed by atoms with E-state index in [2.05, 4.69) is 18.8 Å². The topological polar surface area (TPSA) is 63.4 Å². The summed E-state index contributed by atoms with van der Waals surface area (Å²) in [5, 5.41) is -0.280. The molecule has 0 aromatic heterocycles. The molecule has 0 unspecified atom stereocenters. The molecule has 1 aromatic rings. The van der Waals surface area contributed by atoms with Gasteiger partial charge >= 0.3 is 6.18 Å². The molecule has 0 spiro atoms. The number of nitrogens with two attached hydrogens (primary N) is 1. The fourth-order valence-corrected chi connectivity index (χ4v) is 3.78. The highest BCUT2D eigenvalue weighted by atomic mass is 35.5. The van der Waals surface area contributed by atoms with Crippen LogP contribution in [0.3, 0.4) is 0 Å². The highest BCUT2D eigenvalue weighted by molar-refractivity contribution is 7.88. The number of hydrogen-bond donors (Lipinski definition) is 1. The minimum absolute atomic E-state index is 0.0298. The molecule has 0 heterocycles. The van der Waals surface area contributed by atoms with Crippen LogP contribution >= 0.6 is 23.8 Å². The Labute approximate surface area is 142 Å². The maximum Gasteiger partial charge on any atom is 0.416 e. The first-order valence-electron chi connectivity index (χ1n) is 6.20. The van der Waals surface area contributed by atoms with Crippen LogP contribution in [-0.4, -0.2) is 30.8 Å². The molecule has 1 aromatic carbocycles. The molecule has 0 saturated heterocycles. The summed E-state index contributed by atoms with van der Waals surface area (Å²) in [4.78, 5) is -0.0334. The van der Waals surface area contributed by atoms with E-state index in [0.29, 0.717) is 6.07 Å². The van der Waals surface area contributed by atoms with Crippen LogP contribution in [0.1, 0.15) is 11.1 Å². The van der Waals surface area contributed by atoms with Gasteiger partial charge in [0.1, 0.15) is 0 Å². The van der Waals surface area contributed by atoms with Gasteiger partial charge in [0.05, 0.1) is 22.8 Å². The third kappa shape index (κ3) is 5.76. The Kier molecular flexibility index (Phi) is 6.58. The molecule has 0 radical (unpaired) electrons. The standard InChI is InChI=1S/C13H14ClF3N2O2S2/c1-2-5-19(7-12(18)22)23(20,21)8-9-3-4-10(6-11(9)14)13(15,16)17/h2-4,6H,1,5,7-8H2,(H2,18,22). The monoisotopic (exact) mass is 386 g/mol. The lowest BCUT2D eigenvalue weighted by atomic mass is 10.1. The van der Waals surface area contributed by atoms with Crippen LogP contribution in [0.2, 0.25) is 5.02 Å². The summed E-state index contributed by atoms with van der Waals surface area (Å²) in [5.74, 6) is -0.569. The van der Waals surface area contributed by atoms with Gasteiger partial charge in [-0.1, -0.05) is 36.0 Å². The summed E-state index contributed by atoms with van der Waals surface area (Å²) >= 11 is 10.5. The van der Waals surface area contributed by atoms with Gasteiger partial charge in [0.15, 0.2) is 0 Å². The van der Waals surface area contributed by atoms with E-state index in [1.807, 2.05) is 0 Å². The zero-order valence-electron chi connectivity index (χ0n) is 11.8. The molecular weight excluding hydrogens is 373 g/mol. The Bertz CT molecular complexity index is 706. The first-order valence-corrected chi connectivity index (χ1v) is 8.59. The second-order valence-corrected chi connectivity index (χ2v) is 7.51. The minimum atomic E-state index is -4.55. The van der Waals surface area contributed by atoms with E-state index in [-0.39, 0.29) is 28.7 Å². The lowest BCUT2D eigenvalue weighted by Crippen LogP contribution is -2.38. The van der Waals surface area contributed by atoms with Crippen LogP contribution < -0.4 is 5.73 Å². The first kappa shape index (κ1) is 19.9. The van der Waals surface area contributed by atoms with Crippen molar-refractivity contribution in [3.63, 3.8) is 0 Å². The fraction of sp³-hybridized carbons (Fsp3) is 0.308. The normalized spacial score (nSPS) is 12.4. The molecule has 0 aliphatic carbocycles. The van der Waals surface area contributed by atoms with Gasteiger partial charge in [-0.05, 0) is 17.7 Å². The number of sulfonamides is 1. The molecular formula is C13H14ClF3N2O2S2. The number of nitrogens with zero attached hydrogens (tertiary/aromatic N) is 1. The highest BCUT2D eigenvalue weighted by Gasteiger charge is 2.31. The van der Waals surface area contributed by atoms with Crippen LogP contribution in [0, 0.1) is 0 Å². The predicted molar refractivity (Wildman–Crippen MR) is 87.6 cm³/mol. The molecule has 4 nitrogen and oxygen atoms in total. The van der Waals surface area contributed by atoms with Crippen LogP contribution in [0.15, 0.2) is 30.9 Å². The van der Waals surface area contributed by atoms with Gasteiger partial charge in [0.2, 0.25) is 10.0 Å². The Morgan fingerprint density at radius 3 is 2.48 bits per heavy atom. The van der Waals surface area contributed by atoms with E-state index in [1.165, 1.54) is 6.08 Å². The number of halogens is 4. The predicted octanol–water partition coefficient (Wildman–Crippen LogP) is 2.96. The van der Waals surface area contributed by atoms with E-state index < -0.39 is 27.5 Å². The molecule has 0 aliphatic heterocycles. The largest absolute Gasteiger partial charge is 0.416 e. The SMILES string of the molecule is C=CCN(CC(N)=S)S(=O)(=O)Cc1ccc(C(F)(F)F)cc1Cl. The smallest absolute Gasteiger partial charge is 0.392 e. The second kappa shape index (κ2) is 7.61. The van der Waals surface area contributed by atoms with Crippen molar-refractivity contribution >= 4 is 38.8 Å². The van der Waals surface area contributed by atoms with Crippen molar-refractivity contribution in [2.75, 3.05) is 13.1 Å². The van der Waals surface area contributed by atoms with Gasteiger partial charge < -0.3 is 5.73 Å². The third-order valence-corrected chi connectivity index (χ3v) is 5.00. The van der Waals surface area contributed by atoms with E-state index in [9.17, 15) is 21.6 Å². The van der Waals surface area contributed by atoms with Gasteiger partial charge in [0.25, 0.3) is 0 Å². The zero-order chi connectivity index (χ0) is 17.8. The quantitative estimate of drug-likeness (QED) is 0.578.